The van der Waals surface area contributed by atoms with E-state index in [9.17, 15) is 4.79 Å². The molecule has 0 amide bonds. The Morgan fingerprint density at radius 1 is 1.60 bits per heavy atom. The van der Waals surface area contributed by atoms with Crippen molar-refractivity contribution in [3.8, 4) is 11.5 Å². The van der Waals surface area contributed by atoms with Gasteiger partial charge < -0.3 is 5.32 Å². The zero-order valence-corrected chi connectivity index (χ0v) is 11.9. The number of carbonyl (C=O) groups is 1. The number of nitrogens with one attached hydrogen (secondary N) is 1. The Hall–Kier alpha value is -0.533. The van der Waals surface area contributed by atoms with Gasteiger partial charge in [-0.1, -0.05) is 41.5 Å². The number of hydrogen-bond donors (Lipinski definition) is 1. The number of rotatable bonds is 2. The second kappa shape index (κ2) is 5.00. The molecule has 1 aliphatic rings. The van der Waals surface area contributed by atoms with Gasteiger partial charge in [0, 0.05) is 18.2 Å². The van der Waals surface area contributed by atoms with Gasteiger partial charge in [0.1, 0.15) is 8.07 Å². The van der Waals surface area contributed by atoms with Crippen molar-refractivity contribution >= 4 is 29.8 Å². The molecule has 82 valence electrons. The first kappa shape index (κ1) is 12.5. The summed E-state index contributed by atoms with van der Waals surface area (Å²) < 4.78 is 0. The summed E-state index contributed by atoms with van der Waals surface area (Å²) in [5.74, 6) is 3.29. The van der Waals surface area contributed by atoms with Gasteiger partial charge in [0.15, 0.2) is 5.78 Å². The van der Waals surface area contributed by atoms with Gasteiger partial charge in [-0.15, -0.1) is 5.54 Å². The minimum Gasteiger partial charge on any atom is -0.376 e. The predicted molar refractivity (Wildman–Crippen MR) is 69.5 cm³/mol. The number of allylic oxidation sites excluding steroid dienone is 2. The highest BCUT2D eigenvalue weighted by Crippen LogP contribution is 2.20. The molecule has 0 heterocycles. The fraction of sp³-hybridized carbons (Fsp3) is 0.545. The first-order chi connectivity index (χ1) is 6.88. The van der Waals surface area contributed by atoms with Gasteiger partial charge in [0.25, 0.3) is 0 Å². The average molecular weight is 286 g/mol. The molecule has 2 nitrogen and oxygen atoms in total. The van der Waals surface area contributed by atoms with Crippen molar-refractivity contribution in [1.29, 1.82) is 0 Å². The van der Waals surface area contributed by atoms with E-state index in [1.165, 1.54) is 0 Å². The molecule has 0 saturated carbocycles. The maximum Gasteiger partial charge on any atom is 0.158 e. The van der Waals surface area contributed by atoms with Crippen LogP contribution in [0.15, 0.2) is 11.8 Å². The van der Waals surface area contributed by atoms with Crippen LogP contribution in [0.5, 0.6) is 0 Å². The van der Waals surface area contributed by atoms with Crippen LogP contribution in [0, 0.1) is 11.5 Å². The molecule has 0 aromatic carbocycles. The summed E-state index contributed by atoms with van der Waals surface area (Å²) in [5.41, 5.74) is 4.23. The van der Waals surface area contributed by atoms with Gasteiger partial charge >= 0.3 is 0 Å². The third-order valence-electron chi connectivity index (χ3n) is 1.88. The maximum atomic E-state index is 11.1. The van der Waals surface area contributed by atoms with Gasteiger partial charge in [0.2, 0.25) is 0 Å². The zero-order valence-electron chi connectivity index (χ0n) is 9.36. The lowest BCUT2D eigenvalue weighted by Crippen LogP contribution is -2.20. The molecule has 1 rings (SSSR count). The van der Waals surface area contributed by atoms with E-state index in [4.69, 9.17) is 0 Å². The minimum absolute atomic E-state index is 0.152. The first-order valence-corrected chi connectivity index (χ1v) is 9.42. The first-order valence-electron chi connectivity index (χ1n) is 5.01. The van der Waals surface area contributed by atoms with Crippen LogP contribution in [0.3, 0.4) is 0 Å². The fourth-order valence-electron chi connectivity index (χ4n) is 1.23. The summed E-state index contributed by atoms with van der Waals surface area (Å²) in [4.78, 5) is 11.2. The molecule has 4 heteroatoms. The molecule has 15 heavy (non-hydrogen) atoms. The van der Waals surface area contributed by atoms with Gasteiger partial charge in [-0.25, -0.2) is 0 Å². The quantitative estimate of drug-likeness (QED) is 0.478. The van der Waals surface area contributed by atoms with Crippen molar-refractivity contribution in [1.82, 2.24) is 5.32 Å². The number of hydrogen-bond acceptors (Lipinski definition) is 2. The number of ketones is 1. The Kier molecular flexibility index (Phi) is 4.18. The molecule has 0 aromatic heterocycles. The lowest BCUT2D eigenvalue weighted by molar-refractivity contribution is -0.113. The van der Waals surface area contributed by atoms with Gasteiger partial charge in [-0.2, -0.15) is 0 Å². The summed E-state index contributed by atoms with van der Waals surface area (Å²) in [6.07, 6.45) is 2.22. The SMILES string of the molecule is C[Si](C)(C)C#CCNC1=CC(=O)CC1Br. The monoisotopic (exact) mass is 285 g/mol. The molecular formula is C11H16BrNOSi. The molecule has 0 radical (unpaired) electrons. The predicted octanol–water partition coefficient (Wildman–Crippen LogP) is 2.08. The minimum atomic E-state index is -1.26. The van der Waals surface area contributed by atoms with Crippen LogP contribution < -0.4 is 5.32 Å². The van der Waals surface area contributed by atoms with Crippen LogP contribution in [-0.2, 0) is 4.79 Å². The molecular weight excluding hydrogens is 270 g/mol. The van der Waals surface area contributed by atoms with Crippen LogP contribution in [0.2, 0.25) is 19.6 Å². The van der Waals surface area contributed by atoms with E-state index in [2.05, 4.69) is 52.4 Å². The van der Waals surface area contributed by atoms with Crippen molar-refractivity contribution in [3.63, 3.8) is 0 Å². The second-order valence-corrected chi connectivity index (χ2v) is 10.5. The van der Waals surface area contributed by atoms with Crippen molar-refractivity contribution in [2.45, 2.75) is 30.9 Å². The highest BCUT2D eigenvalue weighted by Gasteiger charge is 2.21. The molecule has 1 N–H and O–H groups in total. The number of carbonyl (C=O) groups excluding carboxylic acids is 1. The number of alkyl halides is 1. The van der Waals surface area contributed by atoms with Crippen molar-refractivity contribution in [2.24, 2.45) is 0 Å². The van der Waals surface area contributed by atoms with E-state index in [1.807, 2.05) is 0 Å². The molecule has 1 atom stereocenters. The second-order valence-electron chi connectivity index (χ2n) is 4.64. The van der Waals surface area contributed by atoms with E-state index < -0.39 is 8.07 Å². The Balaban J connectivity index is 2.41. The van der Waals surface area contributed by atoms with E-state index in [0.29, 0.717) is 13.0 Å². The number of halogens is 1. The van der Waals surface area contributed by atoms with Gasteiger partial charge in [-0.05, 0) is 0 Å². The molecule has 0 bridgehead atoms. The maximum absolute atomic E-state index is 11.1. The van der Waals surface area contributed by atoms with Gasteiger partial charge in [-0.3, -0.25) is 4.79 Å². The summed E-state index contributed by atoms with van der Waals surface area (Å²) >= 11 is 3.45. The summed E-state index contributed by atoms with van der Waals surface area (Å²) in [6.45, 7) is 7.27. The third kappa shape index (κ3) is 4.67. The Bertz CT molecular complexity index is 346. The Labute approximate surface area is 101 Å². The molecule has 0 saturated heterocycles. The summed E-state index contributed by atoms with van der Waals surface area (Å²) in [5, 5.41) is 3.18. The van der Waals surface area contributed by atoms with E-state index in [-0.39, 0.29) is 10.6 Å². The van der Waals surface area contributed by atoms with Crippen LogP contribution in [0.25, 0.3) is 0 Å². The van der Waals surface area contributed by atoms with E-state index in [0.717, 1.165) is 5.70 Å². The van der Waals surface area contributed by atoms with Crippen LogP contribution in [0.4, 0.5) is 0 Å². The normalized spacial score (nSPS) is 20.7. The Morgan fingerprint density at radius 3 is 2.73 bits per heavy atom. The van der Waals surface area contributed by atoms with Crippen molar-refractivity contribution < 1.29 is 4.79 Å². The summed E-state index contributed by atoms with van der Waals surface area (Å²) in [7, 11) is -1.26. The van der Waals surface area contributed by atoms with Gasteiger partial charge in [0.05, 0.1) is 11.4 Å². The van der Waals surface area contributed by atoms with Crippen molar-refractivity contribution in [3.05, 3.63) is 11.8 Å². The summed E-state index contributed by atoms with van der Waals surface area (Å²) in [6, 6.07) is 0. The van der Waals surface area contributed by atoms with E-state index in [1.54, 1.807) is 6.08 Å². The molecule has 0 fully saturated rings. The Morgan fingerprint density at radius 2 is 2.27 bits per heavy atom. The lowest BCUT2D eigenvalue weighted by atomic mass is 10.3. The van der Waals surface area contributed by atoms with Crippen molar-refractivity contribution in [2.75, 3.05) is 6.54 Å². The molecule has 0 aliphatic heterocycles. The highest BCUT2D eigenvalue weighted by atomic mass is 79.9. The van der Waals surface area contributed by atoms with Crippen LogP contribution >= 0.6 is 15.9 Å². The largest absolute Gasteiger partial charge is 0.376 e. The van der Waals surface area contributed by atoms with E-state index >= 15 is 0 Å². The fourth-order valence-corrected chi connectivity index (χ4v) is 2.46. The molecule has 1 unspecified atom stereocenters. The average Bonchev–Trinajstić information content (AvgIpc) is 2.37. The topological polar surface area (TPSA) is 29.1 Å². The third-order valence-corrected chi connectivity index (χ3v) is 3.62. The molecule has 0 spiro atoms. The highest BCUT2D eigenvalue weighted by molar-refractivity contribution is 9.09. The lowest BCUT2D eigenvalue weighted by Gasteiger charge is -2.08. The smallest absolute Gasteiger partial charge is 0.158 e. The zero-order chi connectivity index (χ0) is 11.5. The standard InChI is InChI=1S/C11H16BrNOSi/c1-15(2,3)6-4-5-13-11-8-9(14)7-10(11)12/h8,10,13H,5,7H2,1-3H3. The van der Waals surface area contributed by atoms with Crippen LogP contribution in [-0.4, -0.2) is 25.2 Å². The molecule has 0 aromatic rings. The molecule has 1 aliphatic carbocycles. The van der Waals surface area contributed by atoms with Crippen LogP contribution in [0.1, 0.15) is 6.42 Å².